The summed E-state index contributed by atoms with van der Waals surface area (Å²) < 4.78 is 7.65. The van der Waals surface area contributed by atoms with E-state index < -0.39 is 17.2 Å². The summed E-state index contributed by atoms with van der Waals surface area (Å²) in [6, 6.07) is 6.60. The minimum Gasteiger partial charge on any atom is -0.484 e. The summed E-state index contributed by atoms with van der Waals surface area (Å²) in [6.45, 7) is 1.46. The summed E-state index contributed by atoms with van der Waals surface area (Å²) in [4.78, 5) is 41.2. The van der Waals surface area contributed by atoms with Crippen LogP contribution in [0.5, 0.6) is 5.75 Å². The number of ether oxygens (including phenoxy) is 1. The Kier molecular flexibility index (Phi) is 5.00. The second-order valence-corrected chi connectivity index (χ2v) is 6.45. The first kappa shape index (κ1) is 18.7. The number of anilines is 1. The van der Waals surface area contributed by atoms with Crippen LogP contribution >= 0.6 is 11.6 Å². The van der Waals surface area contributed by atoms with Gasteiger partial charge in [-0.15, -0.1) is 0 Å². The number of halogens is 1. The number of pyridine rings is 1. The van der Waals surface area contributed by atoms with Crippen molar-refractivity contribution in [1.29, 1.82) is 0 Å². The van der Waals surface area contributed by atoms with Crippen molar-refractivity contribution >= 4 is 34.2 Å². The third-order valence-electron chi connectivity index (χ3n) is 4.11. The van der Waals surface area contributed by atoms with Crippen LogP contribution in [-0.4, -0.2) is 26.6 Å². The Balaban J connectivity index is 1.93. The Morgan fingerprint density at radius 3 is 2.52 bits per heavy atom. The number of aryl methyl sites for hydroxylation is 2. The van der Waals surface area contributed by atoms with Crippen molar-refractivity contribution in [3.05, 3.63) is 61.9 Å². The van der Waals surface area contributed by atoms with Crippen LogP contribution in [0.3, 0.4) is 0 Å². The third kappa shape index (κ3) is 3.56. The van der Waals surface area contributed by atoms with Gasteiger partial charge in [0.25, 0.3) is 11.5 Å². The van der Waals surface area contributed by atoms with E-state index in [1.807, 2.05) is 0 Å². The fraction of sp³-hybridized carbons (Fsp3) is 0.222. The van der Waals surface area contributed by atoms with E-state index >= 15 is 0 Å². The first-order valence-corrected chi connectivity index (χ1v) is 8.41. The lowest BCUT2D eigenvalue weighted by Crippen LogP contribution is -2.38. The summed E-state index contributed by atoms with van der Waals surface area (Å²) in [5.41, 5.74) is 0.0760. The maximum absolute atomic E-state index is 12.6. The molecule has 3 aromatic rings. The number of hydrogen-bond donors (Lipinski definition) is 1. The molecule has 0 atom stereocenters. The molecule has 27 heavy (non-hydrogen) atoms. The molecule has 0 fully saturated rings. The molecule has 0 aliphatic rings. The highest BCUT2D eigenvalue weighted by molar-refractivity contribution is 6.30. The second kappa shape index (κ2) is 7.24. The summed E-state index contributed by atoms with van der Waals surface area (Å²) in [6.07, 6.45) is 1.50. The van der Waals surface area contributed by atoms with Crippen LogP contribution in [0.2, 0.25) is 5.02 Å². The molecular weight excluding hydrogens is 372 g/mol. The molecule has 1 amide bonds. The first-order valence-electron chi connectivity index (χ1n) is 8.03. The molecule has 2 aromatic heterocycles. The van der Waals surface area contributed by atoms with Crippen LogP contribution in [0, 0.1) is 6.92 Å². The molecule has 0 unspecified atom stereocenters. The summed E-state index contributed by atoms with van der Waals surface area (Å²) >= 11 is 5.81. The van der Waals surface area contributed by atoms with E-state index in [0.29, 0.717) is 22.0 Å². The van der Waals surface area contributed by atoms with Crippen molar-refractivity contribution in [3.63, 3.8) is 0 Å². The lowest BCUT2D eigenvalue weighted by atomic mass is 10.2. The monoisotopic (exact) mass is 388 g/mol. The number of amides is 1. The van der Waals surface area contributed by atoms with E-state index in [4.69, 9.17) is 16.3 Å². The standard InChI is InChI=1S/C18H17ClN4O4/c1-10-8-20-16-14(17(25)23(3)18(26)22(16)2)15(10)21-13(24)9-27-12-6-4-11(19)5-7-12/h4-8H,9H2,1-3H3,(H,20,21,24). The van der Waals surface area contributed by atoms with E-state index in [0.717, 1.165) is 4.57 Å². The summed E-state index contributed by atoms with van der Waals surface area (Å²) in [7, 11) is 2.89. The largest absolute Gasteiger partial charge is 0.484 e. The molecule has 0 bridgehead atoms. The van der Waals surface area contributed by atoms with Crippen LogP contribution < -0.4 is 21.3 Å². The van der Waals surface area contributed by atoms with Crippen LogP contribution in [0.1, 0.15) is 5.56 Å². The number of carbonyl (C=O) groups is 1. The topological polar surface area (TPSA) is 95.2 Å². The van der Waals surface area contributed by atoms with Crippen molar-refractivity contribution in [2.24, 2.45) is 14.1 Å². The zero-order valence-electron chi connectivity index (χ0n) is 14.9. The first-order chi connectivity index (χ1) is 12.8. The van der Waals surface area contributed by atoms with Gasteiger partial charge >= 0.3 is 5.69 Å². The number of nitrogens with zero attached hydrogens (tertiary/aromatic N) is 3. The fourth-order valence-electron chi connectivity index (χ4n) is 2.64. The maximum atomic E-state index is 12.6. The number of carbonyl (C=O) groups excluding carboxylic acids is 1. The zero-order chi connectivity index (χ0) is 19.7. The van der Waals surface area contributed by atoms with Crippen LogP contribution in [-0.2, 0) is 18.9 Å². The molecule has 0 aliphatic heterocycles. The Hall–Kier alpha value is -3.13. The summed E-state index contributed by atoms with van der Waals surface area (Å²) in [5.74, 6) is 0.0422. The van der Waals surface area contributed by atoms with Gasteiger partial charge in [0, 0.05) is 25.3 Å². The SMILES string of the molecule is Cc1cnc2c(c1NC(=O)COc1ccc(Cl)cc1)c(=O)n(C)c(=O)n2C. The highest BCUT2D eigenvalue weighted by Crippen LogP contribution is 2.22. The van der Waals surface area contributed by atoms with Crippen molar-refractivity contribution < 1.29 is 9.53 Å². The molecule has 0 aliphatic carbocycles. The zero-order valence-corrected chi connectivity index (χ0v) is 15.7. The normalized spacial score (nSPS) is 10.8. The van der Waals surface area contributed by atoms with Crippen LogP contribution in [0.25, 0.3) is 11.0 Å². The minimum atomic E-state index is -0.529. The quantitative estimate of drug-likeness (QED) is 0.732. The Labute approximate surface area is 159 Å². The highest BCUT2D eigenvalue weighted by atomic mass is 35.5. The third-order valence-corrected chi connectivity index (χ3v) is 4.36. The van der Waals surface area contributed by atoms with Crippen LogP contribution in [0.15, 0.2) is 40.1 Å². The molecule has 3 rings (SSSR count). The Morgan fingerprint density at radius 2 is 1.85 bits per heavy atom. The van der Waals surface area contributed by atoms with Crippen LogP contribution in [0.4, 0.5) is 5.69 Å². The number of nitrogens with one attached hydrogen (secondary N) is 1. The van der Waals surface area contributed by atoms with Gasteiger partial charge in [0.15, 0.2) is 12.3 Å². The number of benzene rings is 1. The van der Waals surface area contributed by atoms with Crippen molar-refractivity contribution in [3.8, 4) is 5.75 Å². The van der Waals surface area contributed by atoms with Gasteiger partial charge in [0.1, 0.15) is 11.1 Å². The van der Waals surface area contributed by atoms with Gasteiger partial charge in [0.05, 0.1) is 5.69 Å². The maximum Gasteiger partial charge on any atom is 0.332 e. The molecular formula is C18H17ClN4O4. The van der Waals surface area contributed by atoms with E-state index in [-0.39, 0.29) is 17.6 Å². The smallest absolute Gasteiger partial charge is 0.332 e. The molecule has 0 saturated carbocycles. The van der Waals surface area contributed by atoms with Gasteiger partial charge in [-0.1, -0.05) is 11.6 Å². The number of rotatable bonds is 4. The molecule has 2 heterocycles. The van der Waals surface area contributed by atoms with Crippen molar-refractivity contribution in [2.75, 3.05) is 11.9 Å². The second-order valence-electron chi connectivity index (χ2n) is 6.01. The number of hydrogen-bond acceptors (Lipinski definition) is 5. The van der Waals surface area contributed by atoms with Gasteiger partial charge in [-0.3, -0.25) is 18.7 Å². The number of fused-ring (bicyclic) bond motifs is 1. The predicted octanol–water partition coefficient (Wildman–Crippen LogP) is 1.61. The van der Waals surface area contributed by atoms with E-state index in [1.165, 1.54) is 24.9 Å². The fourth-order valence-corrected chi connectivity index (χ4v) is 2.77. The average molecular weight is 389 g/mol. The van der Waals surface area contributed by atoms with Gasteiger partial charge in [-0.2, -0.15) is 0 Å². The highest BCUT2D eigenvalue weighted by Gasteiger charge is 2.17. The molecule has 0 radical (unpaired) electrons. The molecule has 9 heteroatoms. The average Bonchev–Trinajstić information content (AvgIpc) is 2.65. The molecule has 0 saturated heterocycles. The van der Waals surface area contributed by atoms with E-state index in [9.17, 15) is 14.4 Å². The predicted molar refractivity (Wildman–Crippen MR) is 103 cm³/mol. The summed E-state index contributed by atoms with van der Waals surface area (Å²) in [5, 5.41) is 3.42. The van der Waals surface area contributed by atoms with Gasteiger partial charge in [-0.05, 0) is 36.8 Å². The Bertz CT molecular complexity index is 1150. The Morgan fingerprint density at radius 1 is 1.19 bits per heavy atom. The van der Waals surface area contributed by atoms with Gasteiger partial charge in [-0.25, -0.2) is 9.78 Å². The molecule has 8 nitrogen and oxygen atoms in total. The lowest BCUT2D eigenvalue weighted by Gasteiger charge is -2.14. The van der Waals surface area contributed by atoms with Gasteiger partial charge < -0.3 is 10.1 Å². The lowest BCUT2D eigenvalue weighted by molar-refractivity contribution is -0.118. The van der Waals surface area contributed by atoms with Gasteiger partial charge in [0.2, 0.25) is 0 Å². The molecule has 1 aromatic carbocycles. The number of aromatic nitrogens is 3. The van der Waals surface area contributed by atoms with Crippen molar-refractivity contribution in [2.45, 2.75) is 6.92 Å². The molecule has 140 valence electrons. The van der Waals surface area contributed by atoms with E-state index in [1.54, 1.807) is 31.2 Å². The minimum absolute atomic E-state index is 0.166. The van der Waals surface area contributed by atoms with E-state index in [2.05, 4.69) is 10.3 Å². The molecule has 0 spiro atoms. The molecule has 1 N–H and O–H groups in total. The van der Waals surface area contributed by atoms with Crippen molar-refractivity contribution in [1.82, 2.24) is 14.1 Å².